The van der Waals surface area contributed by atoms with Gasteiger partial charge >= 0.3 is 6.18 Å². The summed E-state index contributed by atoms with van der Waals surface area (Å²) in [5.41, 5.74) is -0.258. The highest BCUT2D eigenvalue weighted by molar-refractivity contribution is 5.92. The van der Waals surface area contributed by atoms with Crippen LogP contribution in [-0.4, -0.2) is 19.0 Å². The molecule has 0 radical (unpaired) electrons. The molecule has 4 nitrogen and oxygen atoms in total. The molecule has 1 fully saturated rings. The molecule has 1 atom stereocenters. The van der Waals surface area contributed by atoms with Crippen molar-refractivity contribution >= 4 is 11.6 Å². The summed E-state index contributed by atoms with van der Waals surface area (Å²) in [5.74, 6) is 0.147. The molecule has 7 heteroatoms. The first-order valence-electron chi connectivity index (χ1n) is 8.30. The molecule has 1 aliphatic heterocycles. The van der Waals surface area contributed by atoms with Crippen LogP contribution in [0.2, 0.25) is 0 Å². The van der Waals surface area contributed by atoms with Crippen LogP contribution in [0.1, 0.15) is 12.5 Å². The number of anilines is 1. The standard InChI is InChI=1S/C19H19F3N2O2/c1-12(13-10-23-11-13)18(25)24-14-6-8-15(9-7-14)26-17-5-3-2-4-16(17)19(20,21)22/h2-9,12-13,23H,10-11H2,1H3,(H,24,25). The van der Waals surface area contributed by atoms with Crippen molar-refractivity contribution in [1.29, 1.82) is 0 Å². The van der Waals surface area contributed by atoms with Gasteiger partial charge in [0.1, 0.15) is 11.5 Å². The van der Waals surface area contributed by atoms with E-state index in [1.165, 1.54) is 30.3 Å². The second kappa shape index (κ2) is 7.37. The van der Waals surface area contributed by atoms with Crippen molar-refractivity contribution in [2.45, 2.75) is 13.1 Å². The maximum atomic E-state index is 13.0. The molecule has 0 aromatic heterocycles. The second-order valence-corrected chi connectivity index (χ2v) is 6.32. The minimum absolute atomic E-state index is 0.0763. The predicted molar refractivity (Wildman–Crippen MR) is 92.1 cm³/mol. The van der Waals surface area contributed by atoms with Crippen molar-refractivity contribution in [2.75, 3.05) is 18.4 Å². The monoisotopic (exact) mass is 364 g/mol. The summed E-state index contributed by atoms with van der Waals surface area (Å²) in [6.07, 6.45) is -4.49. The van der Waals surface area contributed by atoms with Gasteiger partial charge in [0.05, 0.1) is 5.56 Å². The molecule has 2 N–H and O–H groups in total. The zero-order valence-corrected chi connectivity index (χ0v) is 14.1. The Bertz CT molecular complexity index is 771. The molecular weight excluding hydrogens is 345 g/mol. The Hall–Kier alpha value is -2.54. The average Bonchev–Trinajstić information content (AvgIpc) is 2.54. The maximum Gasteiger partial charge on any atom is 0.419 e. The number of hydrogen-bond acceptors (Lipinski definition) is 3. The van der Waals surface area contributed by atoms with Crippen LogP contribution in [0, 0.1) is 11.8 Å². The number of carbonyl (C=O) groups is 1. The molecule has 1 unspecified atom stereocenters. The van der Waals surface area contributed by atoms with Gasteiger partial charge in [0, 0.05) is 11.6 Å². The third kappa shape index (κ3) is 4.16. The first-order valence-corrected chi connectivity index (χ1v) is 8.30. The van der Waals surface area contributed by atoms with Gasteiger partial charge in [-0.25, -0.2) is 0 Å². The molecule has 0 bridgehead atoms. The van der Waals surface area contributed by atoms with Gasteiger partial charge in [-0.05, 0) is 55.4 Å². The molecule has 1 amide bonds. The fourth-order valence-corrected chi connectivity index (χ4v) is 2.66. The number of rotatable bonds is 5. The third-order valence-corrected chi connectivity index (χ3v) is 4.48. The molecule has 3 rings (SSSR count). The zero-order chi connectivity index (χ0) is 18.7. The van der Waals surface area contributed by atoms with Crippen LogP contribution in [0.25, 0.3) is 0 Å². The maximum absolute atomic E-state index is 13.0. The van der Waals surface area contributed by atoms with Crippen molar-refractivity contribution in [3.05, 3.63) is 54.1 Å². The van der Waals surface area contributed by atoms with Crippen molar-refractivity contribution in [1.82, 2.24) is 5.32 Å². The number of nitrogens with one attached hydrogen (secondary N) is 2. The molecule has 1 saturated heterocycles. The Morgan fingerprint density at radius 1 is 1.15 bits per heavy atom. The summed E-state index contributed by atoms with van der Waals surface area (Å²) in [6, 6.07) is 11.3. The molecule has 26 heavy (non-hydrogen) atoms. The van der Waals surface area contributed by atoms with Gasteiger partial charge < -0.3 is 15.4 Å². The summed E-state index contributed by atoms with van der Waals surface area (Å²) < 4.78 is 44.4. The summed E-state index contributed by atoms with van der Waals surface area (Å²) in [6.45, 7) is 3.55. The largest absolute Gasteiger partial charge is 0.457 e. The van der Waals surface area contributed by atoms with E-state index in [0.717, 1.165) is 19.2 Å². The normalized spacial score (nSPS) is 15.8. The number of halogens is 3. The van der Waals surface area contributed by atoms with Gasteiger partial charge in [-0.3, -0.25) is 4.79 Å². The van der Waals surface area contributed by atoms with Gasteiger partial charge in [0.15, 0.2) is 0 Å². The van der Waals surface area contributed by atoms with Crippen LogP contribution in [-0.2, 0) is 11.0 Å². The quantitative estimate of drug-likeness (QED) is 0.832. The van der Waals surface area contributed by atoms with E-state index in [9.17, 15) is 18.0 Å². The smallest absolute Gasteiger partial charge is 0.419 e. The lowest BCUT2D eigenvalue weighted by molar-refractivity contribution is -0.138. The van der Waals surface area contributed by atoms with E-state index in [1.807, 2.05) is 6.92 Å². The van der Waals surface area contributed by atoms with Crippen molar-refractivity contribution in [2.24, 2.45) is 11.8 Å². The number of para-hydroxylation sites is 1. The molecular formula is C19H19F3N2O2. The lowest BCUT2D eigenvalue weighted by atomic mass is 9.88. The first-order chi connectivity index (χ1) is 12.3. The molecule has 0 aliphatic carbocycles. The molecule has 2 aromatic carbocycles. The van der Waals surface area contributed by atoms with Gasteiger partial charge in [-0.2, -0.15) is 13.2 Å². The number of alkyl halides is 3. The number of hydrogen-bond donors (Lipinski definition) is 2. The number of ether oxygens (including phenoxy) is 1. The van der Waals surface area contributed by atoms with E-state index >= 15 is 0 Å². The van der Waals surface area contributed by atoms with Crippen LogP contribution in [0.3, 0.4) is 0 Å². The Labute approximate surface area is 149 Å². The molecule has 0 saturated carbocycles. The van der Waals surface area contributed by atoms with Gasteiger partial charge in [0.2, 0.25) is 5.91 Å². The summed E-state index contributed by atoms with van der Waals surface area (Å²) >= 11 is 0. The average molecular weight is 364 g/mol. The Morgan fingerprint density at radius 2 is 1.81 bits per heavy atom. The molecule has 1 aliphatic rings. The van der Waals surface area contributed by atoms with Crippen molar-refractivity contribution < 1.29 is 22.7 Å². The van der Waals surface area contributed by atoms with E-state index in [-0.39, 0.29) is 23.3 Å². The summed E-state index contributed by atoms with van der Waals surface area (Å²) in [5, 5.41) is 5.95. The first kappa shape index (κ1) is 18.3. The topological polar surface area (TPSA) is 50.4 Å². The van der Waals surface area contributed by atoms with Crippen molar-refractivity contribution in [3.63, 3.8) is 0 Å². The summed E-state index contributed by atoms with van der Waals surface area (Å²) in [4.78, 5) is 12.2. The minimum Gasteiger partial charge on any atom is -0.457 e. The van der Waals surface area contributed by atoms with E-state index in [2.05, 4.69) is 10.6 Å². The van der Waals surface area contributed by atoms with E-state index in [1.54, 1.807) is 12.1 Å². The number of carbonyl (C=O) groups excluding carboxylic acids is 1. The van der Waals surface area contributed by atoms with E-state index < -0.39 is 11.7 Å². The van der Waals surface area contributed by atoms with Crippen LogP contribution >= 0.6 is 0 Å². The Kier molecular flexibility index (Phi) is 5.18. The van der Waals surface area contributed by atoms with Gasteiger partial charge in [-0.15, -0.1) is 0 Å². The van der Waals surface area contributed by atoms with Crippen LogP contribution in [0.5, 0.6) is 11.5 Å². The molecule has 1 heterocycles. The Balaban J connectivity index is 1.66. The highest BCUT2D eigenvalue weighted by Gasteiger charge is 2.34. The third-order valence-electron chi connectivity index (χ3n) is 4.48. The molecule has 2 aromatic rings. The van der Waals surface area contributed by atoms with E-state index in [4.69, 9.17) is 4.74 Å². The van der Waals surface area contributed by atoms with Crippen LogP contribution in [0.15, 0.2) is 48.5 Å². The lowest BCUT2D eigenvalue weighted by Gasteiger charge is -2.31. The SMILES string of the molecule is CC(C(=O)Nc1ccc(Oc2ccccc2C(F)(F)F)cc1)C1CNC1. The molecule has 0 spiro atoms. The van der Waals surface area contributed by atoms with Gasteiger partial charge in [0.25, 0.3) is 0 Å². The lowest BCUT2D eigenvalue weighted by Crippen LogP contribution is -2.48. The number of amides is 1. The minimum atomic E-state index is -4.49. The second-order valence-electron chi connectivity index (χ2n) is 6.32. The molecule has 138 valence electrons. The highest BCUT2D eigenvalue weighted by Crippen LogP contribution is 2.38. The highest BCUT2D eigenvalue weighted by atomic mass is 19.4. The van der Waals surface area contributed by atoms with Crippen molar-refractivity contribution in [3.8, 4) is 11.5 Å². The fourth-order valence-electron chi connectivity index (χ4n) is 2.66. The van der Waals surface area contributed by atoms with E-state index in [0.29, 0.717) is 11.6 Å². The van der Waals surface area contributed by atoms with Gasteiger partial charge in [-0.1, -0.05) is 19.1 Å². The van der Waals surface area contributed by atoms with Crippen LogP contribution in [0.4, 0.5) is 18.9 Å². The Morgan fingerprint density at radius 3 is 2.38 bits per heavy atom. The predicted octanol–water partition coefficient (Wildman–Crippen LogP) is 4.29. The van der Waals surface area contributed by atoms with Crippen LogP contribution < -0.4 is 15.4 Å². The zero-order valence-electron chi connectivity index (χ0n) is 14.1. The fraction of sp³-hybridized carbons (Fsp3) is 0.316. The summed E-state index contributed by atoms with van der Waals surface area (Å²) in [7, 11) is 0. The number of benzene rings is 2.